The van der Waals surface area contributed by atoms with E-state index in [0.29, 0.717) is 17.4 Å². The molecule has 0 saturated heterocycles. The molecule has 2 N–H and O–H groups in total. The molecule has 1 aliphatic carbocycles. The number of ether oxygens (including phenoxy) is 1. The normalized spacial score (nSPS) is 15.4. The number of nitrogens with two attached hydrogens (primary N) is 1. The highest BCUT2D eigenvalue weighted by Gasteiger charge is 2.28. The molecule has 0 atom stereocenters. The monoisotopic (exact) mass is 286 g/mol. The van der Waals surface area contributed by atoms with Gasteiger partial charge in [-0.25, -0.2) is 13.2 Å². The average molecular weight is 286 g/mol. The SMILES string of the molecule is CCS(=O)(=O)CCOC(=O)c1cc(N)cn1C1CC1. The highest BCUT2D eigenvalue weighted by Crippen LogP contribution is 2.37. The van der Waals surface area contributed by atoms with Crippen molar-refractivity contribution >= 4 is 21.5 Å². The molecule has 106 valence electrons. The maximum atomic E-state index is 11.9. The minimum absolute atomic E-state index is 0.0515. The van der Waals surface area contributed by atoms with Crippen LogP contribution in [-0.2, 0) is 14.6 Å². The Morgan fingerprint density at radius 2 is 2.21 bits per heavy atom. The molecule has 2 rings (SSSR count). The Balaban J connectivity index is 1.97. The molecule has 0 bridgehead atoms. The van der Waals surface area contributed by atoms with E-state index in [1.807, 2.05) is 4.57 Å². The molecular formula is C12H18N2O4S. The highest BCUT2D eigenvalue weighted by molar-refractivity contribution is 7.91. The summed E-state index contributed by atoms with van der Waals surface area (Å²) >= 11 is 0. The van der Waals surface area contributed by atoms with E-state index in [-0.39, 0.29) is 18.1 Å². The fourth-order valence-corrected chi connectivity index (χ4v) is 2.42. The van der Waals surface area contributed by atoms with Crippen LogP contribution in [0.15, 0.2) is 12.3 Å². The van der Waals surface area contributed by atoms with Gasteiger partial charge in [-0.3, -0.25) is 0 Å². The minimum atomic E-state index is -3.11. The van der Waals surface area contributed by atoms with E-state index in [9.17, 15) is 13.2 Å². The fraction of sp³-hybridized carbons (Fsp3) is 0.583. The quantitative estimate of drug-likeness (QED) is 0.788. The zero-order chi connectivity index (χ0) is 14.0. The molecule has 1 heterocycles. The Bertz CT molecular complexity index is 573. The van der Waals surface area contributed by atoms with Crippen molar-refractivity contribution in [3.63, 3.8) is 0 Å². The van der Waals surface area contributed by atoms with Crippen LogP contribution in [0.5, 0.6) is 0 Å². The van der Waals surface area contributed by atoms with Crippen LogP contribution < -0.4 is 5.73 Å². The molecule has 1 aromatic heterocycles. The molecule has 7 heteroatoms. The van der Waals surface area contributed by atoms with E-state index in [4.69, 9.17) is 10.5 Å². The number of nitrogen functional groups attached to an aromatic ring is 1. The largest absolute Gasteiger partial charge is 0.460 e. The highest BCUT2D eigenvalue weighted by atomic mass is 32.2. The summed E-state index contributed by atoms with van der Waals surface area (Å²) in [5.74, 6) is -0.611. The number of nitrogens with zero attached hydrogens (tertiary/aromatic N) is 1. The topological polar surface area (TPSA) is 91.4 Å². The smallest absolute Gasteiger partial charge is 0.355 e. The van der Waals surface area contributed by atoms with Crippen LogP contribution in [-0.4, -0.2) is 37.1 Å². The Kier molecular flexibility index (Phi) is 3.84. The summed E-state index contributed by atoms with van der Waals surface area (Å²) in [6, 6.07) is 1.88. The standard InChI is InChI=1S/C12H18N2O4S/c1-2-19(16,17)6-5-18-12(15)11-7-9(13)8-14(11)10-3-4-10/h7-8,10H,2-6,13H2,1H3. The molecular weight excluding hydrogens is 268 g/mol. The molecule has 0 radical (unpaired) electrons. The van der Waals surface area contributed by atoms with E-state index >= 15 is 0 Å². The number of anilines is 1. The van der Waals surface area contributed by atoms with E-state index in [1.54, 1.807) is 19.2 Å². The summed E-state index contributed by atoms with van der Waals surface area (Å²) in [6.07, 6.45) is 3.77. The molecule has 0 unspecified atom stereocenters. The predicted octanol–water partition coefficient (Wildman–Crippen LogP) is 0.997. The van der Waals surface area contributed by atoms with Crippen molar-refractivity contribution in [2.45, 2.75) is 25.8 Å². The fourth-order valence-electron chi connectivity index (χ4n) is 1.80. The summed E-state index contributed by atoms with van der Waals surface area (Å²) in [6.45, 7) is 1.45. The van der Waals surface area contributed by atoms with Crippen molar-refractivity contribution < 1.29 is 17.9 Å². The lowest BCUT2D eigenvalue weighted by atomic mass is 10.4. The number of aromatic nitrogens is 1. The van der Waals surface area contributed by atoms with Gasteiger partial charge in [-0.05, 0) is 18.9 Å². The second-order valence-electron chi connectivity index (χ2n) is 4.67. The van der Waals surface area contributed by atoms with E-state index in [2.05, 4.69) is 0 Å². The van der Waals surface area contributed by atoms with Crippen molar-refractivity contribution in [3.8, 4) is 0 Å². The third-order valence-electron chi connectivity index (χ3n) is 3.09. The summed E-state index contributed by atoms with van der Waals surface area (Å²) in [5.41, 5.74) is 6.59. The first kappa shape index (κ1) is 13.9. The molecule has 0 aromatic carbocycles. The average Bonchev–Trinajstić information content (AvgIpc) is 3.12. The molecule has 0 spiro atoms. The number of esters is 1. The van der Waals surface area contributed by atoms with Gasteiger partial charge in [0.05, 0.1) is 11.4 Å². The van der Waals surface area contributed by atoms with Gasteiger partial charge in [0, 0.05) is 18.0 Å². The third kappa shape index (κ3) is 3.50. The van der Waals surface area contributed by atoms with Crippen molar-refractivity contribution in [2.24, 2.45) is 0 Å². The van der Waals surface area contributed by atoms with Gasteiger partial charge in [0.1, 0.15) is 12.3 Å². The van der Waals surface area contributed by atoms with Crippen molar-refractivity contribution in [1.29, 1.82) is 0 Å². The van der Waals surface area contributed by atoms with Crippen molar-refractivity contribution in [2.75, 3.05) is 23.8 Å². The first-order valence-corrected chi connectivity index (χ1v) is 8.10. The number of sulfone groups is 1. The van der Waals surface area contributed by atoms with Gasteiger partial charge < -0.3 is 15.0 Å². The van der Waals surface area contributed by atoms with Gasteiger partial charge >= 0.3 is 5.97 Å². The zero-order valence-electron chi connectivity index (χ0n) is 10.8. The number of carbonyl (C=O) groups excluding carboxylic acids is 1. The number of hydrogen-bond acceptors (Lipinski definition) is 5. The Morgan fingerprint density at radius 1 is 1.53 bits per heavy atom. The van der Waals surface area contributed by atoms with E-state index in [0.717, 1.165) is 12.8 Å². The molecule has 1 aromatic rings. The Hall–Kier alpha value is -1.50. The van der Waals surface area contributed by atoms with Crippen LogP contribution in [0.4, 0.5) is 5.69 Å². The number of hydrogen-bond donors (Lipinski definition) is 1. The van der Waals surface area contributed by atoms with E-state index in [1.165, 1.54) is 0 Å². The summed E-state index contributed by atoms with van der Waals surface area (Å²) in [7, 11) is -3.11. The van der Waals surface area contributed by atoms with Crippen LogP contribution >= 0.6 is 0 Å². The second kappa shape index (κ2) is 5.24. The molecule has 6 nitrogen and oxygen atoms in total. The maximum Gasteiger partial charge on any atom is 0.355 e. The lowest BCUT2D eigenvalue weighted by molar-refractivity contribution is 0.0516. The van der Waals surface area contributed by atoms with Crippen LogP contribution in [0.1, 0.15) is 36.3 Å². The number of rotatable bonds is 6. The van der Waals surface area contributed by atoms with Crippen LogP contribution in [0.3, 0.4) is 0 Å². The molecule has 0 amide bonds. The first-order valence-electron chi connectivity index (χ1n) is 6.28. The Labute approximate surface area is 112 Å². The summed E-state index contributed by atoms with van der Waals surface area (Å²) in [4.78, 5) is 11.9. The van der Waals surface area contributed by atoms with Crippen molar-refractivity contribution in [1.82, 2.24) is 4.57 Å². The number of carbonyl (C=O) groups is 1. The first-order chi connectivity index (χ1) is 8.93. The van der Waals surface area contributed by atoms with E-state index < -0.39 is 15.8 Å². The lowest BCUT2D eigenvalue weighted by Gasteiger charge is -2.07. The van der Waals surface area contributed by atoms with Crippen LogP contribution in [0.2, 0.25) is 0 Å². The van der Waals surface area contributed by atoms with Crippen molar-refractivity contribution in [3.05, 3.63) is 18.0 Å². The summed E-state index contributed by atoms with van der Waals surface area (Å²) < 4.78 is 29.4. The van der Waals surface area contributed by atoms with Crippen LogP contribution in [0, 0.1) is 0 Å². The lowest BCUT2D eigenvalue weighted by Crippen LogP contribution is -2.18. The zero-order valence-corrected chi connectivity index (χ0v) is 11.6. The molecule has 1 saturated carbocycles. The van der Waals surface area contributed by atoms with Gasteiger partial charge in [-0.1, -0.05) is 6.92 Å². The third-order valence-corrected chi connectivity index (χ3v) is 4.75. The maximum absolute atomic E-state index is 11.9. The second-order valence-corrected chi connectivity index (χ2v) is 7.14. The van der Waals surface area contributed by atoms with Gasteiger partial charge in [0.25, 0.3) is 0 Å². The molecule has 1 fully saturated rings. The predicted molar refractivity (Wildman–Crippen MR) is 71.7 cm³/mol. The molecule has 1 aliphatic rings. The van der Waals surface area contributed by atoms with Gasteiger partial charge in [-0.15, -0.1) is 0 Å². The molecule has 0 aliphatic heterocycles. The minimum Gasteiger partial charge on any atom is -0.460 e. The van der Waals surface area contributed by atoms with Gasteiger partial charge in [0.2, 0.25) is 0 Å². The molecule has 19 heavy (non-hydrogen) atoms. The van der Waals surface area contributed by atoms with Crippen LogP contribution in [0.25, 0.3) is 0 Å². The van der Waals surface area contributed by atoms with Gasteiger partial charge in [-0.2, -0.15) is 0 Å². The summed E-state index contributed by atoms with van der Waals surface area (Å²) in [5, 5.41) is 0. The Morgan fingerprint density at radius 3 is 2.79 bits per heavy atom. The van der Waals surface area contributed by atoms with Gasteiger partial charge in [0.15, 0.2) is 9.84 Å².